The van der Waals surface area contributed by atoms with Gasteiger partial charge < -0.3 is 20.1 Å². The van der Waals surface area contributed by atoms with E-state index < -0.39 is 23.5 Å². The van der Waals surface area contributed by atoms with Crippen LogP contribution in [0.1, 0.15) is 50.7 Å². The fourth-order valence-corrected chi connectivity index (χ4v) is 5.00. The molecule has 0 aromatic heterocycles. The van der Waals surface area contributed by atoms with Crippen LogP contribution in [0.25, 0.3) is 11.1 Å². The zero-order valence-corrected chi connectivity index (χ0v) is 19.9. The normalized spacial score (nSPS) is 17.7. The van der Waals surface area contributed by atoms with E-state index in [1.54, 1.807) is 0 Å². The number of amides is 2. The molecule has 2 aliphatic rings. The number of likely N-dealkylation sites (tertiary alicyclic amines) is 1. The van der Waals surface area contributed by atoms with Gasteiger partial charge >= 0.3 is 12.1 Å². The number of carboxylic acids is 1. The number of carbonyl (C=O) groups is 3. The quantitative estimate of drug-likeness (QED) is 0.609. The lowest BCUT2D eigenvalue weighted by Gasteiger charge is -2.48. The van der Waals surface area contributed by atoms with Gasteiger partial charge in [0.1, 0.15) is 18.1 Å². The van der Waals surface area contributed by atoms with Crippen LogP contribution in [0.15, 0.2) is 48.5 Å². The number of hydrogen-bond donors (Lipinski definition) is 2. The number of carbonyl (C=O) groups excluding carboxylic acids is 2. The van der Waals surface area contributed by atoms with Crippen molar-refractivity contribution in [2.24, 2.45) is 11.3 Å². The number of fused-ring (bicyclic) bond motifs is 3. The molecule has 2 unspecified atom stereocenters. The topological polar surface area (TPSA) is 95.9 Å². The molecule has 2 aromatic rings. The molecule has 1 saturated heterocycles. The van der Waals surface area contributed by atoms with Gasteiger partial charge in [0.15, 0.2) is 0 Å². The first-order valence-corrected chi connectivity index (χ1v) is 11.9. The minimum atomic E-state index is -0.889. The molecule has 1 aliphatic heterocycles. The van der Waals surface area contributed by atoms with Gasteiger partial charge in [-0.05, 0) is 34.6 Å². The van der Waals surface area contributed by atoms with E-state index in [1.165, 1.54) is 4.90 Å². The average molecular weight is 465 g/mol. The summed E-state index contributed by atoms with van der Waals surface area (Å²) in [5, 5.41) is 12.3. The van der Waals surface area contributed by atoms with Crippen molar-refractivity contribution in [3.8, 4) is 11.1 Å². The molecule has 7 nitrogen and oxygen atoms in total. The van der Waals surface area contributed by atoms with Crippen molar-refractivity contribution in [3.05, 3.63) is 59.7 Å². The van der Waals surface area contributed by atoms with Gasteiger partial charge in [0.2, 0.25) is 5.91 Å². The number of nitrogens with zero attached hydrogens (tertiary/aromatic N) is 1. The van der Waals surface area contributed by atoms with Gasteiger partial charge in [-0.1, -0.05) is 75.7 Å². The van der Waals surface area contributed by atoms with Gasteiger partial charge in [0.25, 0.3) is 0 Å². The second kappa shape index (κ2) is 9.49. The Balaban J connectivity index is 1.42. The van der Waals surface area contributed by atoms with E-state index in [9.17, 15) is 19.5 Å². The Morgan fingerprint density at radius 2 is 1.62 bits per heavy atom. The average Bonchev–Trinajstić information content (AvgIpc) is 3.13. The molecule has 34 heavy (non-hydrogen) atoms. The molecule has 180 valence electrons. The number of nitrogens with one attached hydrogen (secondary N) is 1. The zero-order valence-electron chi connectivity index (χ0n) is 19.9. The van der Waals surface area contributed by atoms with Gasteiger partial charge in [-0.15, -0.1) is 0 Å². The lowest BCUT2D eigenvalue weighted by Crippen LogP contribution is -2.65. The summed E-state index contributed by atoms with van der Waals surface area (Å²) in [6.07, 6.45) is 0.507. The molecule has 2 amide bonds. The molecule has 0 spiro atoms. The maximum Gasteiger partial charge on any atom is 0.407 e. The first kappa shape index (κ1) is 23.8. The van der Waals surface area contributed by atoms with E-state index >= 15 is 0 Å². The van der Waals surface area contributed by atoms with Crippen LogP contribution >= 0.6 is 0 Å². The van der Waals surface area contributed by atoms with E-state index in [0.717, 1.165) is 22.3 Å². The third kappa shape index (κ3) is 4.15. The van der Waals surface area contributed by atoms with Crippen LogP contribution < -0.4 is 5.32 Å². The Morgan fingerprint density at radius 3 is 2.12 bits per heavy atom. The first-order valence-electron chi connectivity index (χ1n) is 11.9. The third-order valence-corrected chi connectivity index (χ3v) is 7.53. The summed E-state index contributed by atoms with van der Waals surface area (Å²) in [6, 6.07) is 15.5. The number of aliphatic carboxylic acids is 1. The van der Waals surface area contributed by atoms with Gasteiger partial charge in [-0.3, -0.25) is 9.59 Å². The summed E-state index contributed by atoms with van der Waals surface area (Å²) in [5.74, 6) is -1.32. The minimum Gasteiger partial charge on any atom is -0.481 e. The van der Waals surface area contributed by atoms with Crippen LogP contribution in [0.4, 0.5) is 4.79 Å². The maximum atomic E-state index is 13.1. The van der Waals surface area contributed by atoms with Crippen LogP contribution in [0.3, 0.4) is 0 Å². The van der Waals surface area contributed by atoms with Gasteiger partial charge in [0.05, 0.1) is 0 Å². The number of alkyl carbamates (subject to hydrolysis) is 1. The number of hydrogen-bond acceptors (Lipinski definition) is 4. The third-order valence-electron chi connectivity index (χ3n) is 7.53. The van der Waals surface area contributed by atoms with Crippen molar-refractivity contribution < 1.29 is 24.2 Å². The molecule has 0 saturated carbocycles. The Bertz CT molecular complexity index is 1050. The molecule has 0 bridgehead atoms. The van der Waals surface area contributed by atoms with E-state index in [-0.39, 0.29) is 37.4 Å². The molecule has 2 N–H and O–H groups in total. The summed E-state index contributed by atoms with van der Waals surface area (Å²) in [7, 11) is 0. The fourth-order valence-electron chi connectivity index (χ4n) is 5.00. The predicted octanol–water partition coefficient (Wildman–Crippen LogP) is 4.26. The Morgan fingerprint density at radius 1 is 1.06 bits per heavy atom. The molecule has 4 rings (SSSR count). The molecule has 7 heteroatoms. The van der Waals surface area contributed by atoms with Crippen molar-refractivity contribution >= 4 is 18.0 Å². The largest absolute Gasteiger partial charge is 0.481 e. The van der Waals surface area contributed by atoms with E-state index in [2.05, 4.69) is 29.6 Å². The Kier molecular flexibility index (Phi) is 6.64. The van der Waals surface area contributed by atoms with Crippen molar-refractivity contribution in [2.45, 2.75) is 45.6 Å². The Labute approximate surface area is 200 Å². The molecular weight excluding hydrogens is 432 g/mol. The summed E-state index contributed by atoms with van der Waals surface area (Å²) in [4.78, 5) is 39.0. The highest BCUT2D eigenvalue weighted by molar-refractivity contribution is 5.89. The first-order chi connectivity index (χ1) is 16.3. The lowest BCUT2D eigenvalue weighted by atomic mass is 9.76. The summed E-state index contributed by atoms with van der Waals surface area (Å²) in [5.41, 5.74) is 3.65. The van der Waals surface area contributed by atoms with E-state index in [4.69, 9.17) is 4.74 Å². The highest BCUT2D eigenvalue weighted by atomic mass is 16.5. The second-order valence-electron chi connectivity index (χ2n) is 9.47. The predicted molar refractivity (Wildman–Crippen MR) is 128 cm³/mol. The van der Waals surface area contributed by atoms with Crippen LogP contribution in [0, 0.1) is 11.3 Å². The molecule has 2 atom stereocenters. The standard InChI is InChI=1S/C27H32N2O5/c1-4-17(3)23(24(30)29-15-27(5-2,16-29)25(31)32)28-26(33)34-14-22-20-12-8-6-10-18(20)19-11-7-9-13-21(19)22/h6-13,17,22-23H,4-5,14-16H2,1-3H3,(H,28,33)(H,31,32). The number of carboxylic acid groups (broad SMARTS) is 1. The summed E-state index contributed by atoms with van der Waals surface area (Å²) >= 11 is 0. The van der Waals surface area contributed by atoms with Crippen molar-refractivity contribution in [3.63, 3.8) is 0 Å². The Hall–Kier alpha value is -3.35. The van der Waals surface area contributed by atoms with Crippen LogP contribution in [-0.4, -0.2) is 53.7 Å². The van der Waals surface area contributed by atoms with Gasteiger partial charge in [-0.25, -0.2) is 4.79 Å². The van der Waals surface area contributed by atoms with Crippen molar-refractivity contribution in [2.75, 3.05) is 19.7 Å². The maximum absolute atomic E-state index is 13.1. The minimum absolute atomic E-state index is 0.0629. The molecule has 0 radical (unpaired) electrons. The summed E-state index contributed by atoms with van der Waals surface area (Å²) in [6.45, 7) is 6.17. The van der Waals surface area contributed by atoms with Crippen molar-refractivity contribution in [1.82, 2.24) is 10.2 Å². The van der Waals surface area contributed by atoms with E-state index in [1.807, 2.05) is 45.0 Å². The van der Waals surface area contributed by atoms with Crippen LogP contribution in [-0.2, 0) is 14.3 Å². The van der Waals surface area contributed by atoms with Gasteiger partial charge in [0, 0.05) is 19.0 Å². The number of ether oxygens (including phenoxy) is 1. The summed E-state index contributed by atoms with van der Waals surface area (Å²) < 4.78 is 5.63. The highest BCUT2D eigenvalue weighted by Gasteiger charge is 2.51. The smallest absolute Gasteiger partial charge is 0.407 e. The lowest BCUT2D eigenvalue weighted by molar-refractivity contribution is -0.167. The molecule has 1 aliphatic carbocycles. The van der Waals surface area contributed by atoms with E-state index in [0.29, 0.717) is 12.8 Å². The molecule has 2 aromatic carbocycles. The van der Waals surface area contributed by atoms with Crippen LogP contribution in [0.2, 0.25) is 0 Å². The number of rotatable bonds is 8. The van der Waals surface area contributed by atoms with Crippen molar-refractivity contribution in [1.29, 1.82) is 0 Å². The molecule has 1 heterocycles. The van der Waals surface area contributed by atoms with Gasteiger partial charge in [-0.2, -0.15) is 0 Å². The molecular formula is C27H32N2O5. The van der Waals surface area contributed by atoms with Crippen LogP contribution in [0.5, 0.6) is 0 Å². The second-order valence-corrected chi connectivity index (χ2v) is 9.47. The fraction of sp³-hybridized carbons (Fsp3) is 0.444. The zero-order chi connectivity index (χ0) is 24.5. The number of benzene rings is 2. The molecule has 1 fully saturated rings. The monoisotopic (exact) mass is 464 g/mol. The highest BCUT2D eigenvalue weighted by Crippen LogP contribution is 2.44. The SMILES string of the molecule is CCC(C)C(NC(=O)OCC1c2ccccc2-c2ccccc21)C(=O)N1CC(CC)(C(=O)O)C1.